The molecule has 0 unspecified atom stereocenters. The highest BCUT2D eigenvalue weighted by atomic mass is 19.4. The second-order valence-electron chi connectivity index (χ2n) is 22.3. The summed E-state index contributed by atoms with van der Waals surface area (Å²) < 4.78 is 384. The topological polar surface area (TPSA) is 0 Å². The highest BCUT2D eigenvalue weighted by molar-refractivity contribution is 5.28. The van der Waals surface area contributed by atoms with Crippen LogP contribution < -0.4 is 0 Å². The van der Waals surface area contributed by atoms with Crippen LogP contribution in [0.3, 0.4) is 0 Å². The Morgan fingerprint density at radius 2 is 0.656 bits per heavy atom. The van der Waals surface area contributed by atoms with Gasteiger partial charge >= 0.3 is 59.5 Å². The molecule has 4 aliphatic carbocycles. The van der Waals surface area contributed by atoms with Gasteiger partial charge in [0.1, 0.15) is 28.8 Å². The molecule has 528 valence electrons. The summed E-state index contributed by atoms with van der Waals surface area (Å²) in [6.45, 7) is 10.8. The number of halogens is 31. The van der Waals surface area contributed by atoms with Crippen LogP contribution in [0, 0.1) is 93.0 Å². The zero-order valence-electron chi connectivity index (χ0n) is 50.5. The van der Waals surface area contributed by atoms with Crippen molar-refractivity contribution in [3.05, 3.63) is 177 Å². The molecule has 0 heterocycles. The van der Waals surface area contributed by atoms with Crippen LogP contribution >= 0.6 is 0 Å². The Labute approximate surface area is 514 Å². The van der Waals surface area contributed by atoms with Crippen LogP contribution in [0.1, 0.15) is 119 Å². The van der Waals surface area contributed by atoms with E-state index in [0.29, 0.717) is 5.56 Å². The second-order valence-corrected chi connectivity index (χ2v) is 22.3. The van der Waals surface area contributed by atoms with Gasteiger partial charge in [0.05, 0.1) is 17.4 Å². The largest absolute Gasteiger partial charge is 0.416 e. The normalized spacial score (nSPS) is 20.7. The molecule has 9 rings (SSSR count). The van der Waals surface area contributed by atoms with Gasteiger partial charge in [-0.05, 0) is 127 Å². The van der Waals surface area contributed by atoms with Crippen LogP contribution in [-0.2, 0) is 6.18 Å². The van der Waals surface area contributed by atoms with Crippen LogP contribution in [0.25, 0.3) is 0 Å². The fourth-order valence-corrected chi connectivity index (χ4v) is 8.27. The molecule has 0 amide bonds. The van der Waals surface area contributed by atoms with Crippen molar-refractivity contribution in [3.63, 3.8) is 0 Å². The third-order valence-corrected chi connectivity index (χ3v) is 14.5. The number of hydrogen-bond acceptors (Lipinski definition) is 0. The Balaban J connectivity index is 0.000000531. The maximum absolute atomic E-state index is 12.9. The lowest BCUT2D eigenvalue weighted by Crippen LogP contribution is -2.77. The highest BCUT2D eigenvalue weighted by Crippen LogP contribution is 2.67. The Morgan fingerprint density at radius 3 is 0.914 bits per heavy atom. The molecular formula is C62H63F31. The van der Waals surface area contributed by atoms with Gasteiger partial charge in [-0.2, -0.15) is 92.2 Å². The monoisotopic (exact) mass is 1400 g/mol. The third-order valence-electron chi connectivity index (χ3n) is 14.5. The second kappa shape index (κ2) is 32.1. The summed E-state index contributed by atoms with van der Waals surface area (Å²) >= 11 is 0. The minimum absolute atomic E-state index is 0.0329. The Hall–Kier alpha value is -6.07. The number of aryl methyl sites for hydroxylation is 4. The SMILES string of the molecule is CC1(F)CCCC1.CC1(F)CCCCC1.CC1C(F)(F)C(F)(F)C(F)(F)C(F)(F)C1(F)F.CC1C(F)(F)C(F)(F)C(F)(F)C1(F)F.Cc1c(F)c(F)c(F)c(F)c1F.Cc1ccc(F)cc1.Cc1cccc(F)c1.Cc1ccccc1C(F)(F)F.Cc1ccccc1F. The molecule has 0 bridgehead atoms. The number of rotatable bonds is 0. The molecule has 4 aliphatic rings. The average molecular weight is 1400 g/mol. The summed E-state index contributed by atoms with van der Waals surface area (Å²) in [7, 11) is 0. The first-order valence-electron chi connectivity index (χ1n) is 27.4. The molecule has 0 atom stereocenters. The zero-order valence-corrected chi connectivity index (χ0v) is 50.5. The molecule has 31 heteroatoms. The Morgan fingerprint density at radius 1 is 0.333 bits per heavy atom. The van der Waals surface area contributed by atoms with E-state index >= 15 is 0 Å². The summed E-state index contributed by atoms with van der Waals surface area (Å²) in [5.41, 5.74) is -0.0339. The molecule has 0 saturated heterocycles. The van der Waals surface area contributed by atoms with Gasteiger partial charge in [0.25, 0.3) is 0 Å². The summed E-state index contributed by atoms with van der Waals surface area (Å²) in [6.07, 6.45) is 4.52. The number of benzene rings is 5. The fraction of sp³-hybridized carbons (Fsp3) is 0.516. The summed E-state index contributed by atoms with van der Waals surface area (Å²) in [6, 6.07) is 25.1. The van der Waals surface area contributed by atoms with Crippen LogP contribution in [0.4, 0.5) is 136 Å². The molecule has 5 aromatic carbocycles. The lowest BCUT2D eigenvalue weighted by molar-refractivity contribution is -0.461. The van der Waals surface area contributed by atoms with Gasteiger partial charge in [0.15, 0.2) is 23.3 Å². The predicted octanol–water partition coefficient (Wildman–Crippen LogP) is 24.1. The molecule has 5 aromatic rings. The maximum atomic E-state index is 12.9. The van der Waals surface area contributed by atoms with Gasteiger partial charge < -0.3 is 0 Å². The van der Waals surface area contributed by atoms with Crippen molar-refractivity contribution in [1.82, 2.24) is 0 Å². The van der Waals surface area contributed by atoms with E-state index in [-0.39, 0.29) is 36.9 Å². The van der Waals surface area contributed by atoms with Crippen molar-refractivity contribution >= 4 is 0 Å². The summed E-state index contributed by atoms with van der Waals surface area (Å²) in [5, 5.41) is 0. The lowest BCUT2D eigenvalue weighted by atomic mass is 9.75. The molecule has 0 aromatic heterocycles. The van der Waals surface area contributed by atoms with E-state index in [0.717, 1.165) is 75.5 Å². The molecule has 4 fully saturated rings. The fourth-order valence-electron chi connectivity index (χ4n) is 8.27. The average Bonchev–Trinajstić information content (AvgIpc) is 1.47. The van der Waals surface area contributed by atoms with E-state index in [2.05, 4.69) is 0 Å². The zero-order chi connectivity index (χ0) is 72.9. The minimum atomic E-state index is -6.85. The van der Waals surface area contributed by atoms with Crippen molar-refractivity contribution in [2.75, 3.05) is 0 Å². The minimum Gasteiger partial charge on any atom is -0.244 e. The molecule has 93 heavy (non-hydrogen) atoms. The van der Waals surface area contributed by atoms with E-state index in [1.807, 2.05) is 26.0 Å². The number of alkyl halides is 23. The van der Waals surface area contributed by atoms with Crippen molar-refractivity contribution in [2.24, 2.45) is 11.8 Å². The first-order chi connectivity index (χ1) is 41.8. The van der Waals surface area contributed by atoms with E-state index in [1.54, 1.807) is 57.2 Å². The first kappa shape index (κ1) is 84.9. The molecule has 0 radical (unpaired) electrons. The van der Waals surface area contributed by atoms with Crippen molar-refractivity contribution in [2.45, 2.75) is 191 Å². The van der Waals surface area contributed by atoms with Gasteiger partial charge in [-0.3, -0.25) is 0 Å². The smallest absolute Gasteiger partial charge is 0.244 e. The van der Waals surface area contributed by atoms with E-state index in [4.69, 9.17) is 0 Å². The van der Waals surface area contributed by atoms with Crippen LogP contribution in [0.5, 0.6) is 0 Å². The quantitative estimate of drug-likeness (QED) is 0.0824. The van der Waals surface area contributed by atoms with Gasteiger partial charge in [-0.1, -0.05) is 112 Å². The van der Waals surface area contributed by atoms with Crippen LogP contribution in [-0.4, -0.2) is 64.6 Å². The summed E-state index contributed by atoms with van der Waals surface area (Å²) in [5.74, 6) is -72.1. The summed E-state index contributed by atoms with van der Waals surface area (Å²) in [4.78, 5) is 0. The van der Waals surface area contributed by atoms with Crippen LogP contribution in [0.2, 0.25) is 0 Å². The lowest BCUT2D eigenvalue weighted by Gasteiger charge is -2.48. The highest BCUT2D eigenvalue weighted by Gasteiger charge is 2.94. The molecule has 0 spiro atoms. The molecular weight excluding hydrogens is 1330 g/mol. The number of hydrogen-bond donors (Lipinski definition) is 0. The van der Waals surface area contributed by atoms with Crippen molar-refractivity contribution < 1.29 is 136 Å². The third kappa shape index (κ3) is 20.5. The van der Waals surface area contributed by atoms with Gasteiger partial charge in [-0.15, -0.1) is 0 Å². The van der Waals surface area contributed by atoms with E-state index < -0.39 is 123 Å². The van der Waals surface area contributed by atoms with Crippen LogP contribution in [0.15, 0.2) is 97.1 Å². The first-order valence-corrected chi connectivity index (χ1v) is 27.4. The molecule has 0 N–H and O–H groups in total. The Kier molecular flexibility index (Phi) is 29.3. The Bertz CT molecular complexity index is 2890. The standard InChI is InChI=1S/C8H7F3.C7H4F10.C7H3F5.2C7H7F.C7H13F.C7H7F.C6H4F8.C6H11F/c1-6-4-2-3-5-7(6)8(9,10)11;1-2-3(8,9)5(12,13)7(16,17)6(14,15)4(2,10)11;1-2-3(8)5(10)7(12)6(11)4(2)9;1-6-2-4-7(8)5-3-6;1-6-3-2-4-7(8)5-6;1-7(8)5-3-2-4-6-7;1-6-4-2-3-5-7(6)8;1-2-3(7,8)5(11,12)6(13,14)4(2,9)10;1-6(7)4-2-3-5-6/h2-5H,1H3;2H,1H3;1H3;2*2-5H,1H3;2-6H2,1H3;2-5H,1H3;2H,1H3;2-5H2,1H3. The molecule has 0 nitrogen and oxygen atoms in total. The maximum Gasteiger partial charge on any atom is 0.416 e. The van der Waals surface area contributed by atoms with E-state index in [9.17, 15) is 136 Å². The molecule has 0 aliphatic heterocycles. The van der Waals surface area contributed by atoms with Gasteiger partial charge in [0, 0.05) is 5.56 Å². The van der Waals surface area contributed by atoms with Crippen molar-refractivity contribution in [3.8, 4) is 0 Å². The van der Waals surface area contributed by atoms with Gasteiger partial charge in [0.2, 0.25) is 5.82 Å². The van der Waals surface area contributed by atoms with E-state index in [1.165, 1.54) is 55.8 Å². The van der Waals surface area contributed by atoms with Crippen molar-refractivity contribution in [1.29, 1.82) is 0 Å². The molecule has 4 saturated carbocycles. The van der Waals surface area contributed by atoms with Gasteiger partial charge in [-0.25, -0.2) is 43.9 Å². The predicted molar refractivity (Wildman–Crippen MR) is 284 cm³/mol.